The van der Waals surface area contributed by atoms with Crippen molar-refractivity contribution >= 4 is 11.8 Å². The van der Waals surface area contributed by atoms with Crippen molar-refractivity contribution in [2.24, 2.45) is 0 Å². The van der Waals surface area contributed by atoms with Crippen molar-refractivity contribution in [3.63, 3.8) is 0 Å². The smallest absolute Gasteiger partial charge is 0.259 e. The fourth-order valence-corrected chi connectivity index (χ4v) is 1.94. The summed E-state index contributed by atoms with van der Waals surface area (Å²) in [6.07, 6.45) is 1.78. The van der Waals surface area contributed by atoms with Gasteiger partial charge in [-0.25, -0.2) is 0 Å². The van der Waals surface area contributed by atoms with Crippen LogP contribution in [-0.4, -0.2) is 16.8 Å². The van der Waals surface area contributed by atoms with Gasteiger partial charge in [0.1, 0.15) is 0 Å². The molecule has 2 heterocycles. The molecule has 0 saturated carbocycles. The first-order valence-corrected chi connectivity index (χ1v) is 4.90. The van der Waals surface area contributed by atoms with E-state index in [1.54, 1.807) is 18.3 Å². The molecule has 0 unspecified atom stereocenters. The molecular formula is C12H8N2O2. The van der Waals surface area contributed by atoms with Gasteiger partial charge in [0.05, 0.1) is 11.1 Å². The van der Waals surface area contributed by atoms with Gasteiger partial charge in [0.15, 0.2) is 0 Å². The molecule has 1 aliphatic rings. The molecule has 4 nitrogen and oxygen atoms in total. The Kier molecular flexibility index (Phi) is 1.71. The topological polar surface area (TPSA) is 62.0 Å². The zero-order valence-corrected chi connectivity index (χ0v) is 8.28. The Morgan fingerprint density at radius 2 is 1.69 bits per heavy atom. The van der Waals surface area contributed by atoms with Crippen LogP contribution < -0.4 is 5.32 Å². The second-order valence-corrected chi connectivity index (χ2v) is 3.60. The number of carbonyl (C=O) groups excluding carboxylic acids is 2. The lowest BCUT2D eigenvalue weighted by molar-refractivity contribution is 0.0880. The van der Waals surface area contributed by atoms with Crippen molar-refractivity contribution in [2.45, 2.75) is 0 Å². The van der Waals surface area contributed by atoms with Gasteiger partial charge in [0.25, 0.3) is 11.8 Å². The maximum Gasteiger partial charge on any atom is 0.259 e. The predicted octanol–water partition coefficient (Wildman–Crippen LogP) is 1.57. The van der Waals surface area contributed by atoms with Gasteiger partial charge in [-0.05, 0) is 18.2 Å². The number of benzene rings is 1. The molecule has 3 rings (SSSR count). The van der Waals surface area contributed by atoms with Crippen molar-refractivity contribution in [2.75, 3.05) is 0 Å². The van der Waals surface area contributed by atoms with E-state index in [4.69, 9.17) is 0 Å². The number of nitrogens with one attached hydrogen (secondary N) is 2. The highest BCUT2D eigenvalue weighted by atomic mass is 16.2. The molecule has 1 aromatic carbocycles. The minimum Gasteiger partial charge on any atom is -0.361 e. The Morgan fingerprint density at radius 3 is 2.44 bits per heavy atom. The maximum absolute atomic E-state index is 11.6. The summed E-state index contributed by atoms with van der Waals surface area (Å²) in [6, 6.07) is 8.97. The van der Waals surface area contributed by atoms with Crippen LogP contribution in [0.5, 0.6) is 0 Å². The van der Waals surface area contributed by atoms with E-state index in [0.29, 0.717) is 11.1 Å². The number of amides is 2. The van der Waals surface area contributed by atoms with E-state index in [1.807, 2.05) is 18.2 Å². The molecule has 0 aliphatic carbocycles. The Balaban J connectivity index is 2.30. The number of fused-ring (bicyclic) bond motifs is 1. The number of carbonyl (C=O) groups is 2. The molecule has 2 aromatic rings. The molecule has 2 N–H and O–H groups in total. The molecule has 4 heteroatoms. The number of imide groups is 1. The van der Waals surface area contributed by atoms with E-state index in [9.17, 15) is 9.59 Å². The summed E-state index contributed by atoms with van der Waals surface area (Å²) in [6.45, 7) is 0. The normalized spacial score (nSPS) is 13.8. The summed E-state index contributed by atoms with van der Waals surface area (Å²) >= 11 is 0. The van der Waals surface area contributed by atoms with Gasteiger partial charge >= 0.3 is 0 Å². The first-order chi connectivity index (χ1) is 7.77. The second-order valence-electron chi connectivity index (χ2n) is 3.60. The van der Waals surface area contributed by atoms with Crippen LogP contribution in [0.15, 0.2) is 36.5 Å². The number of hydrogen-bond acceptors (Lipinski definition) is 2. The van der Waals surface area contributed by atoms with Crippen LogP contribution >= 0.6 is 0 Å². The Morgan fingerprint density at radius 1 is 0.875 bits per heavy atom. The molecule has 16 heavy (non-hydrogen) atoms. The van der Waals surface area contributed by atoms with E-state index >= 15 is 0 Å². The Labute approximate surface area is 91.3 Å². The third-order valence-corrected chi connectivity index (χ3v) is 2.65. The molecule has 1 aromatic heterocycles. The number of rotatable bonds is 1. The lowest BCUT2D eigenvalue weighted by Crippen LogP contribution is -2.20. The van der Waals surface area contributed by atoms with Crippen molar-refractivity contribution < 1.29 is 9.59 Å². The molecule has 0 saturated heterocycles. The first kappa shape index (κ1) is 8.91. The number of H-pyrrole nitrogens is 1. The molecule has 1 aliphatic heterocycles. The van der Waals surface area contributed by atoms with Crippen molar-refractivity contribution in [3.05, 3.63) is 47.7 Å². The molecule has 0 bridgehead atoms. The summed E-state index contributed by atoms with van der Waals surface area (Å²) in [7, 11) is 0. The van der Waals surface area contributed by atoms with Gasteiger partial charge in [-0.3, -0.25) is 14.9 Å². The summed E-state index contributed by atoms with van der Waals surface area (Å²) in [5, 5.41) is 2.29. The van der Waals surface area contributed by atoms with E-state index in [2.05, 4.69) is 10.3 Å². The Bertz CT molecular complexity index is 585. The monoisotopic (exact) mass is 212 g/mol. The second kappa shape index (κ2) is 3.06. The van der Waals surface area contributed by atoms with Crippen molar-refractivity contribution in [1.82, 2.24) is 10.3 Å². The molecule has 0 spiro atoms. The van der Waals surface area contributed by atoms with Crippen LogP contribution in [0.3, 0.4) is 0 Å². The lowest BCUT2D eigenvalue weighted by atomic mass is 10.0. The number of aromatic nitrogens is 1. The van der Waals surface area contributed by atoms with Crippen LogP contribution in [0, 0.1) is 0 Å². The standard InChI is InChI=1S/C12H8N2O2/c15-11-8-4-1-3-7(9-5-2-6-13-9)10(8)12(16)14-11/h1-6,13H,(H,14,15,16). The van der Waals surface area contributed by atoms with E-state index < -0.39 is 0 Å². The molecule has 2 amide bonds. The van der Waals surface area contributed by atoms with Crippen LogP contribution in [0.25, 0.3) is 11.3 Å². The molecule has 0 fully saturated rings. The fourth-order valence-electron chi connectivity index (χ4n) is 1.94. The third-order valence-electron chi connectivity index (χ3n) is 2.65. The lowest BCUT2D eigenvalue weighted by Gasteiger charge is -2.02. The zero-order chi connectivity index (χ0) is 11.1. The van der Waals surface area contributed by atoms with Crippen molar-refractivity contribution in [1.29, 1.82) is 0 Å². The average Bonchev–Trinajstić information content (AvgIpc) is 2.88. The molecular weight excluding hydrogens is 204 g/mol. The average molecular weight is 212 g/mol. The number of aromatic amines is 1. The summed E-state index contributed by atoms with van der Waals surface area (Å²) in [5.74, 6) is -0.654. The molecule has 0 atom stereocenters. The quantitative estimate of drug-likeness (QED) is 0.705. The summed E-state index contributed by atoms with van der Waals surface area (Å²) in [5.41, 5.74) is 2.49. The highest BCUT2D eigenvalue weighted by Crippen LogP contribution is 2.27. The predicted molar refractivity (Wildman–Crippen MR) is 58.0 cm³/mol. The number of hydrogen-bond donors (Lipinski definition) is 2. The zero-order valence-electron chi connectivity index (χ0n) is 8.28. The van der Waals surface area contributed by atoms with Crippen LogP contribution in [-0.2, 0) is 0 Å². The van der Waals surface area contributed by atoms with Gasteiger partial charge in [-0.2, -0.15) is 0 Å². The highest BCUT2D eigenvalue weighted by Gasteiger charge is 2.29. The maximum atomic E-state index is 11.6. The first-order valence-electron chi connectivity index (χ1n) is 4.90. The summed E-state index contributed by atoms with van der Waals surface area (Å²) < 4.78 is 0. The van der Waals surface area contributed by atoms with Crippen molar-refractivity contribution in [3.8, 4) is 11.3 Å². The van der Waals surface area contributed by atoms with Gasteiger partial charge in [0, 0.05) is 17.5 Å². The fraction of sp³-hybridized carbons (Fsp3) is 0. The van der Waals surface area contributed by atoms with Crippen LogP contribution in [0.1, 0.15) is 20.7 Å². The van der Waals surface area contributed by atoms with E-state index in [-0.39, 0.29) is 11.8 Å². The Hall–Kier alpha value is -2.36. The van der Waals surface area contributed by atoms with Gasteiger partial charge < -0.3 is 4.98 Å². The van der Waals surface area contributed by atoms with Gasteiger partial charge in [0.2, 0.25) is 0 Å². The van der Waals surface area contributed by atoms with E-state index in [1.165, 1.54) is 0 Å². The largest absolute Gasteiger partial charge is 0.361 e. The minimum atomic E-state index is -0.329. The highest BCUT2D eigenvalue weighted by molar-refractivity contribution is 6.23. The van der Waals surface area contributed by atoms with Crippen LogP contribution in [0.2, 0.25) is 0 Å². The summed E-state index contributed by atoms with van der Waals surface area (Å²) in [4.78, 5) is 26.1. The molecule has 78 valence electrons. The van der Waals surface area contributed by atoms with Gasteiger partial charge in [-0.15, -0.1) is 0 Å². The van der Waals surface area contributed by atoms with E-state index in [0.717, 1.165) is 11.3 Å². The minimum absolute atomic E-state index is 0.326. The van der Waals surface area contributed by atoms with Crippen LogP contribution in [0.4, 0.5) is 0 Å². The third kappa shape index (κ3) is 1.10. The molecule has 0 radical (unpaired) electrons. The SMILES string of the molecule is O=C1NC(=O)c2c1cccc2-c1ccc[nH]1. The van der Waals surface area contributed by atoms with Gasteiger partial charge in [-0.1, -0.05) is 12.1 Å².